The first kappa shape index (κ1) is 14.8. The summed E-state index contributed by atoms with van der Waals surface area (Å²) in [6, 6.07) is 8.91. The fraction of sp³-hybridized carbons (Fsp3) is 0.143. The van der Waals surface area contributed by atoms with Crippen molar-refractivity contribution >= 4 is 27.3 Å². The molecular weight excluding hydrogens is 301 g/mol. The van der Waals surface area contributed by atoms with Crippen molar-refractivity contribution in [2.45, 2.75) is 18.7 Å². The van der Waals surface area contributed by atoms with Crippen molar-refractivity contribution in [2.24, 2.45) is 0 Å². The van der Waals surface area contributed by atoms with Gasteiger partial charge in [-0.15, -0.1) is 0 Å². The Bertz CT molecular complexity index is 737. The lowest BCUT2D eigenvalue weighted by Gasteiger charge is -2.13. The van der Waals surface area contributed by atoms with E-state index in [1.54, 1.807) is 38.1 Å². The molecular formula is C14H13ClFNO2S. The smallest absolute Gasteiger partial charge is 0.262 e. The van der Waals surface area contributed by atoms with Gasteiger partial charge in [0, 0.05) is 0 Å². The standard InChI is InChI=1S/C14H13ClFNO2S/c1-9-7-11(16)8-10(2)14(9)20(18,19)17-13-6-4-3-5-12(13)15/h3-8,17H,1-2H3. The molecule has 0 aliphatic carbocycles. The predicted octanol–water partition coefficient (Wildman–Crippen LogP) is 3.90. The molecule has 0 spiro atoms. The quantitative estimate of drug-likeness (QED) is 0.934. The van der Waals surface area contributed by atoms with Gasteiger partial charge >= 0.3 is 0 Å². The molecule has 0 aliphatic heterocycles. The molecule has 0 saturated heterocycles. The van der Waals surface area contributed by atoms with Crippen molar-refractivity contribution in [2.75, 3.05) is 4.72 Å². The van der Waals surface area contributed by atoms with Gasteiger partial charge in [-0.05, 0) is 49.2 Å². The number of anilines is 1. The zero-order chi connectivity index (χ0) is 14.9. The minimum Gasteiger partial charge on any atom is -0.278 e. The Balaban J connectivity index is 2.50. The first-order valence-electron chi connectivity index (χ1n) is 5.85. The van der Waals surface area contributed by atoms with Gasteiger partial charge < -0.3 is 0 Å². The molecule has 0 amide bonds. The maximum atomic E-state index is 13.3. The summed E-state index contributed by atoms with van der Waals surface area (Å²) in [5, 5.41) is 0.300. The van der Waals surface area contributed by atoms with Crippen LogP contribution in [0.5, 0.6) is 0 Å². The molecule has 20 heavy (non-hydrogen) atoms. The molecule has 2 aromatic rings. The van der Waals surface area contributed by atoms with Crippen LogP contribution in [-0.4, -0.2) is 8.42 Å². The highest BCUT2D eigenvalue weighted by atomic mass is 35.5. The van der Waals surface area contributed by atoms with Crippen LogP contribution in [-0.2, 0) is 10.0 Å². The molecule has 0 fully saturated rings. The molecule has 0 saturated carbocycles. The van der Waals surface area contributed by atoms with E-state index in [2.05, 4.69) is 4.72 Å². The molecule has 1 N–H and O–H groups in total. The maximum Gasteiger partial charge on any atom is 0.262 e. The van der Waals surface area contributed by atoms with E-state index in [4.69, 9.17) is 11.6 Å². The molecule has 0 radical (unpaired) electrons. The summed E-state index contributed by atoms with van der Waals surface area (Å²) >= 11 is 5.94. The summed E-state index contributed by atoms with van der Waals surface area (Å²) < 4.78 is 40.5. The third kappa shape index (κ3) is 2.94. The van der Waals surface area contributed by atoms with E-state index in [1.807, 2.05) is 0 Å². The Morgan fingerprint density at radius 3 is 2.20 bits per heavy atom. The van der Waals surface area contributed by atoms with Gasteiger partial charge in [-0.3, -0.25) is 4.72 Å². The molecule has 0 aromatic heterocycles. The molecule has 0 unspecified atom stereocenters. The maximum absolute atomic E-state index is 13.3. The lowest BCUT2D eigenvalue weighted by atomic mass is 10.1. The zero-order valence-corrected chi connectivity index (χ0v) is 12.5. The first-order valence-corrected chi connectivity index (χ1v) is 7.71. The topological polar surface area (TPSA) is 46.2 Å². The van der Waals surface area contributed by atoms with E-state index in [0.717, 1.165) is 0 Å². The highest BCUT2D eigenvalue weighted by Crippen LogP contribution is 2.27. The number of aryl methyl sites for hydroxylation is 2. The van der Waals surface area contributed by atoms with Gasteiger partial charge in [0.2, 0.25) is 0 Å². The van der Waals surface area contributed by atoms with Crippen LogP contribution < -0.4 is 4.72 Å². The Morgan fingerprint density at radius 1 is 1.10 bits per heavy atom. The second kappa shape index (κ2) is 5.42. The van der Waals surface area contributed by atoms with Crippen LogP contribution in [0.3, 0.4) is 0 Å². The number of sulfonamides is 1. The van der Waals surface area contributed by atoms with E-state index >= 15 is 0 Å². The van der Waals surface area contributed by atoms with Crippen LogP contribution in [0.1, 0.15) is 11.1 Å². The molecule has 2 aromatic carbocycles. The van der Waals surface area contributed by atoms with Gasteiger partial charge in [0.1, 0.15) is 5.82 Å². The zero-order valence-electron chi connectivity index (χ0n) is 10.9. The average molecular weight is 314 g/mol. The number of benzene rings is 2. The lowest BCUT2D eigenvalue weighted by Crippen LogP contribution is -2.16. The van der Waals surface area contributed by atoms with Gasteiger partial charge in [0.15, 0.2) is 0 Å². The SMILES string of the molecule is Cc1cc(F)cc(C)c1S(=O)(=O)Nc1ccccc1Cl. The average Bonchev–Trinajstić information content (AvgIpc) is 2.30. The summed E-state index contributed by atoms with van der Waals surface area (Å²) in [5.74, 6) is -0.461. The normalized spacial score (nSPS) is 11.4. The fourth-order valence-electron chi connectivity index (χ4n) is 2.06. The van der Waals surface area contributed by atoms with Crippen molar-refractivity contribution in [1.82, 2.24) is 0 Å². The van der Waals surface area contributed by atoms with Gasteiger partial charge in [-0.25, -0.2) is 12.8 Å². The van der Waals surface area contributed by atoms with Crippen LogP contribution in [0, 0.1) is 19.7 Å². The van der Waals surface area contributed by atoms with E-state index in [9.17, 15) is 12.8 Å². The van der Waals surface area contributed by atoms with E-state index in [1.165, 1.54) is 12.1 Å². The van der Waals surface area contributed by atoms with E-state index < -0.39 is 15.8 Å². The minimum absolute atomic E-state index is 0.0684. The number of hydrogen-bond donors (Lipinski definition) is 1. The molecule has 2 rings (SSSR count). The molecule has 0 aliphatic rings. The molecule has 0 bridgehead atoms. The van der Waals surface area contributed by atoms with E-state index in [-0.39, 0.29) is 10.6 Å². The molecule has 3 nitrogen and oxygen atoms in total. The van der Waals surface area contributed by atoms with Gasteiger partial charge in [0.05, 0.1) is 15.6 Å². The van der Waals surface area contributed by atoms with Crippen LogP contribution in [0.15, 0.2) is 41.3 Å². The molecule has 6 heteroatoms. The minimum atomic E-state index is -3.82. The second-order valence-corrected chi connectivity index (χ2v) is 6.48. The number of rotatable bonds is 3. The van der Waals surface area contributed by atoms with E-state index in [0.29, 0.717) is 16.1 Å². The Hall–Kier alpha value is -1.59. The lowest BCUT2D eigenvalue weighted by molar-refractivity contribution is 0.597. The Labute approximate surface area is 122 Å². The highest BCUT2D eigenvalue weighted by Gasteiger charge is 2.21. The van der Waals surface area contributed by atoms with Crippen molar-refractivity contribution in [3.63, 3.8) is 0 Å². The molecule has 106 valence electrons. The van der Waals surface area contributed by atoms with Crippen LogP contribution in [0.25, 0.3) is 0 Å². The second-order valence-electron chi connectivity index (χ2n) is 4.45. The highest BCUT2D eigenvalue weighted by molar-refractivity contribution is 7.92. The van der Waals surface area contributed by atoms with Crippen molar-refractivity contribution in [3.05, 3.63) is 58.4 Å². The summed E-state index contributed by atoms with van der Waals surface area (Å²) in [6.07, 6.45) is 0. The van der Waals surface area contributed by atoms with Gasteiger partial charge in [-0.2, -0.15) is 0 Å². The summed E-state index contributed by atoms with van der Waals surface area (Å²) in [6.45, 7) is 3.11. The van der Waals surface area contributed by atoms with Crippen LogP contribution in [0.4, 0.5) is 10.1 Å². The third-order valence-corrected chi connectivity index (χ3v) is 4.81. The number of halogens is 2. The first-order chi connectivity index (χ1) is 9.31. The van der Waals surface area contributed by atoms with Gasteiger partial charge in [-0.1, -0.05) is 23.7 Å². The number of para-hydroxylation sites is 1. The largest absolute Gasteiger partial charge is 0.278 e. The summed E-state index contributed by atoms with van der Waals surface area (Å²) in [4.78, 5) is 0.0684. The van der Waals surface area contributed by atoms with Crippen molar-refractivity contribution in [3.8, 4) is 0 Å². The van der Waals surface area contributed by atoms with Gasteiger partial charge in [0.25, 0.3) is 10.0 Å². The van der Waals surface area contributed by atoms with Crippen molar-refractivity contribution in [1.29, 1.82) is 0 Å². The predicted molar refractivity (Wildman–Crippen MR) is 78.1 cm³/mol. The molecule has 0 heterocycles. The fourth-order valence-corrected chi connectivity index (χ4v) is 3.84. The Morgan fingerprint density at radius 2 is 1.65 bits per heavy atom. The molecule has 0 atom stereocenters. The van der Waals surface area contributed by atoms with Crippen LogP contribution >= 0.6 is 11.6 Å². The summed E-state index contributed by atoms with van der Waals surface area (Å²) in [5.41, 5.74) is 0.987. The third-order valence-electron chi connectivity index (χ3n) is 2.81. The van der Waals surface area contributed by atoms with Crippen molar-refractivity contribution < 1.29 is 12.8 Å². The Kier molecular flexibility index (Phi) is 4.01. The number of nitrogens with one attached hydrogen (secondary N) is 1. The van der Waals surface area contributed by atoms with Crippen LogP contribution in [0.2, 0.25) is 5.02 Å². The monoisotopic (exact) mass is 313 g/mol. The summed E-state index contributed by atoms with van der Waals surface area (Å²) in [7, 11) is -3.82. The number of hydrogen-bond acceptors (Lipinski definition) is 2.